The zero-order valence-corrected chi connectivity index (χ0v) is 22.9. The number of ether oxygens (including phenoxy) is 1. The van der Waals surface area contributed by atoms with Crippen LogP contribution in [0.2, 0.25) is 0 Å². The second-order valence-corrected chi connectivity index (χ2v) is 11.9. The highest BCUT2D eigenvalue weighted by molar-refractivity contribution is 5.43. The van der Waals surface area contributed by atoms with E-state index in [1.807, 2.05) is 36.4 Å². The summed E-state index contributed by atoms with van der Waals surface area (Å²) in [4.78, 5) is 5.31. The highest BCUT2D eigenvalue weighted by Gasteiger charge is 2.43. The van der Waals surface area contributed by atoms with E-state index < -0.39 is 5.60 Å². The lowest BCUT2D eigenvalue weighted by molar-refractivity contribution is -0.0204. The summed E-state index contributed by atoms with van der Waals surface area (Å²) in [5.74, 6) is 2.67. The van der Waals surface area contributed by atoms with Gasteiger partial charge < -0.3 is 19.6 Å². The molecule has 3 aliphatic rings. The van der Waals surface area contributed by atoms with Crippen LogP contribution in [0.25, 0.3) is 0 Å². The molecule has 3 aromatic rings. The van der Waals surface area contributed by atoms with Crippen molar-refractivity contribution in [1.29, 1.82) is 0 Å². The Morgan fingerprint density at radius 2 is 1.53 bits per heavy atom. The number of likely N-dealkylation sites (tertiary alicyclic amines) is 2. The van der Waals surface area contributed by atoms with Gasteiger partial charge in [-0.1, -0.05) is 72.8 Å². The average Bonchev–Trinajstić information content (AvgIpc) is 2.97. The summed E-state index contributed by atoms with van der Waals surface area (Å²) in [6, 6.07) is 27.8. The third-order valence-electron chi connectivity index (χ3n) is 9.76. The molecule has 38 heavy (non-hydrogen) atoms. The standard InChI is InChI=1S/C34H42N2O2/c1-35-23-25(20-27-21-31-26(22-32(27)35)10-9-15-33(31)38-2)24-36-18-16-30(17-19-36)34(37,28-11-5-3-6-12-28)29-13-7-4-8-14-29/h3-15,25,27,30,32,37H,16-24H2,1-2H3. The third-order valence-corrected chi connectivity index (χ3v) is 9.76. The average molecular weight is 511 g/mol. The van der Waals surface area contributed by atoms with Gasteiger partial charge in [0.05, 0.1) is 7.11 Å². The van der Waals surface area contributed by atoms with E-state index in [9.17, 15) is 5.11 Å². The second-order valence-electron chi connectivity index (χ2n) is 11.9. The predicted molar refractivity (Wildman–Crippen MR) is 153 cm³/mol. The largest absolute Gasteiger partial charge is 0.496 e. The van der Waals surface area contributed by atoms with Crippen LogP contribution in [0.3, 0.4) is 0 Å². The summed E-state index contributed by atoms with van der Waals surface area (Å²) in [5.41, 5.74) is 3.99. The topological polar surface area (TPSA) is 35.9 Å². The molecule has 3 atom stereocenters. The first-order valence-electron chi connectivity index (χ1n) is 14.5. The molecule has 2 aliphatic heterocycles. The van der Waals surface area contributed by atoms with Crippen molar-refractivity contribution in [2.45, 2.75) is 43.7 Å². The molecule has 0 radical (unpaired) electrons. The van der Waals surface area contributed by atoms with Crippen molar-refractivity contribution in [3.8, 4) is 5.75 Å². The summed E-state index contributed by atoms with van der Waals surface area (Å²) < 4.78 is 5.73. The van der Waals surface area contributed by atoms with E-state index in [2.05, 4.69) is 59.3 Å². The van der Waals surface area contributed by atoms with E-state index in [4.69, 9.17) is 4.74 Å². The molecule has 0 amide bonds. The lowest BCUT2D eigenvalue weighted by atomic mass is 9.71. The number of hydrogen-bond donors (Lipinski definition) is 1. The van der Waals surface area contributed by atoms with Gasteiger partial charge in [0.2, 0.25) is 0 Å². The second kappa shape index (κ2) is 10.8. The van der Waals surface area contributed by atoms with E-state index in [-0.39, 0.29) is 5.92 Å². The van der Waals surface area contributed by atoms with Gasteiger partial charge in [-0.15, -0.1) is 0 Å². The molecule has 0 bridgehead atoms. The van der Waals surface area contributed by atoms with Crippen molar-refractivity contribution in [3.05, 3.63) is 101 Å². The van der Waals surface area contributed by atoms with Crippen LogP contribution < -0.4 is 4.74 Å². The first-order chi connectivity index (χ1) is 18.6. The van der Waals surface area contributed by atoms with Crippen LogP contribution in [-0.2, 0) is 18.4 Å². The van der Waals surface area contributed by atoms with Crippen LogP contribution >= 0.6 is 0 Å². The Hall–Kier alpha value is -2.66. The number of fused-ring (bicyclic) bond motifs is 2. The quantitative estimate of drug-likeness (QED) is 0.483. The summed E-state index contributed by atoms with van der Waals surface area (Å²) >= 11 is 0. The molecule has 1 N–H and O–H groups in total. The number of likely N-dealkylation sites (N-methyl/N-ethyl adjacent to an activating group) is 1. The van der Waals surface area contributed by atoms with Crippen molar-refractivity contribution in [2.24, 2.45) is 17.8 Å². The van der Waals surface area contributed by atoms with E-state index in [1.165, 1.54) is 24.1 Å². The van der Waals surface area contributed by atoms with Crippen molar-refractivity contribution in [1.82, 2.24) is 9.80 Å². The summed E-state index contributed by atoms with van der Waals surface area (Å²) in [6.45, 7) is 4.45. The summed E-state index contributed by atoms with van der Waals surface area (Å²) in [5, 5.41) is 12.2. The number of rotatable bonds is 6. The van der Waals surface area contributed by atoms with E-state index >= 15 is 0 Å². The number of benzene rings is 3. The van der Waals surface area contributed by atoms with Gasteiger partial charge in [0.1, 0.15) is 11.4 Å². The smallest absolute Gasteiger partial charge is 0.122 e. The van der Waals surface area contributed by atoms with Crippen LogP contribution in [0.5, 0.6) is 5.75 Å². The molecule has 2 saturated heterocycles. The summed E-state index contributed by atoms with van der Waals surface area (Å²) in [7, 11) is 4.14. The molecule has 3 aromatic carbocycles. The lowest BCUT2D eigenvalue weighted by Crippen LogP contribution is -2.53. The van der Waals surface area contributed by atoms with Crippen molar-refractivity contribution < 1.29 is 9.84 Å². The monoisotopic (exact) mass is 510 g/mol. The normalized spacial score (nSPS) is 25.0. The molecule has 0 aromatic heterocycles. The van der Waals surface area contributed by atoms with E-state index in [0.717, 1.165) is 62.2 Å². The molecule has 1 aliphatic carbocycles. The highest BCUT2D eigenvalue weighted by atomic mass is 16.5. The van der Waals surface area contributed by atoms with E-state index in [1.54, 1.807) is 7.11 Å². The molecule has 200 valence electrons. The fraction of sp³-hybridized carbons (Fsp3) is 0.471. The van der Waals surface area contributed by atoms with Gasteiger partial charge >= 0.3 is 0 Å². The maximum Gasteiger partial charge on any atom is 0.122 e. The Bertz CT molecular complexity index is 1170. The SMILES string of the molecule is COc1cccc2c1CC1CC(CN3CCC(C(O)(c4ccccc4)c4ccccc4)CC3)CN(C)C1C2. The van der Waals surface area contributed by atoms with E-state index in [0.29, 0.717) is 17.9 Å². The number of piperidine rings is 2. The van der Waals surface area contributed by atoms with Crippen LogP contribution in [0, 0.1) is 17.8 Å². The van der Waals surface area contributed by atoms with Crippen molar-refractivity contribution >= 4 is 0 Å². The minimum Gasteiger partial charge on any atom is -0.496 e. The van der Waals surface area contributed by atoms with Crippen molar-refractivity contribution in [2.75, 3.05) is 40.3 Å². The van der Waals surface area contributed by atoms with Gasteiger partial charge in [-0.25, -0.2) is 0 Å². The molecule has 3 unspecified atom stereocenters. The Labute approximate surface area is 228 Å². The predicted octanol–water partition coefficient (Wildman–Crippen LogP) is 5.38. The first kappa shape index (κ1) is 25.6. The number of hydrogen-bond acceptors (Lipinski definition) is 4. The molecule has 2 fully saturated rings. The minimum atomic E-state index is -0.943. The third kappa shape index (κ3) is 4.79. The molecule has 0 saturated carbocycles. The van der Waals surface area contributed by atoms with Gasteiger partial charge in [-0.05, 0) is 98.3 Å². The number of methoxy groups -OCH3 is 1. The Morgan fingerprint density at radius 3 is 2.16 bits per heavy atom. The van der Waals surface area contributed by atoms with Crippen LogP contribution in [0.1, 0.15) is 41.5 Å². The van der Waals surface area contributed by atoms with Crippen LogP contribution in [0.15, 0.2) is 78.9 Å². The molecule has 4 heteroatoms. The lowest BCUT2D eigenvalue weighted by Gasteiger charge is -2.48. The number of nitrogens with zero attached hydrogens (tertiary/aromatic N) is 2. The maximum atomic E-state index is 12.2. The molecular formula is C34H42N2O2. The number of aliphatic hydroxyl groups is 1. The minimum absolute atomic E-state index is 0.212. The van der Waals surface area contributed by atoms with Crippen LogP contribution in [0.4, 0.5) is 0 Å². The highest BCUT2D eigenvalue weighted by Crippen LogP contribution is 2.43. The van der Waals surface area contributed by atoms with Crippen molar-refractivity contribution in [3.63, 3.8) is 0 Å². The van der Waals surface area contributed by atoms with Gasteiger partial charge in [0.25, 0.3) is 0 Å². The Balaban J connectivity index is 1.12. The first-order valence-corrected chi connectivity index (χ1v) is 14.5. The zero-order valence-electron chi connectivity index (χ0n) is 22.9. The fourth-order valence-electron chi connectivity index (χ4n) is 7.87. The van der Waals surface area contributed by atoms with Crippen LogP contribution in [-0.4, -0.2) is 61.3 Å². The van der Waals surface area contributed by atoms with Gasteiger partial charge in [0.15, 0.2) is 0 Å². The van der Waals surface area contributed by atoms with Gasteiger partial charge in [-0.3, -0.25) is 0 Å². The molecule has 4 nitrogen and oxygen atoms in total. The van der Waals surface area contributed by atoms with Gasteiger partial charge in [0, 0.05) is 19.1 Å². The Kier molecular flexibility index (Phi) is 7.31. The molecule has 0 spiro atoms. The fourth-order valence-corrected chi connectivity index (χ4v) is 7.87. The maximum absolute atomic E-state index is 12.2. The molecule has 2 heterocycles. The Morgan fingerprint density at radius 1 is 0.868 bits per heavy atom. The molecular weight excluding hydrogens is 468 g/mol. The zero-order chi connectivity index (χ0) is 26.1. The summed E-state index contributed by atoms with van der Waals surface area (Å²) in [6.07, 6.45) is 5.60. The molecule has 6 rings (SSSR count). The van der Waals surface area contributed by atoms with Gasteiger partial charge in [-0.2, -0.15) is 0 Å².